The fourth-order valence-electron chi connectivity index (χ4n) is 1.22. The molecule has 1 aliphatic rings. The van der Waals surface area contributed by atoms with Gasteiger partial charge in [-0.15, -0.1) is 11.8 Å². The number of benzene rings is 1. The van der Waals surface area contributed by atoms with Crippen LogP contribution in [0.5, 0.6) is 0 Å². The highest BCUT2D eigenvalue weighted by Crippen LogP contribution is 2.48. The van der Waals surface area contributed by atoms with Crippen molar-refractivity contribution in [1.29, 1.82) is 5.26 Å². The Morgan fingerprint density at radius 1 is 1.50 bits per heavy atom. The molecule has 1 saturated carbocycles. The van der Waals surface area contributed by atoms with Gasteiger partial charge in [0.25, 0.3) is 0 Å². The summed E-state index contributed by atoms with van der Waals surface area (Å²) in [6.45, 7) is 0. The van der Waals surface area contributed by atoms with E-state index in [2.05, 4.69) is 6.07 Å². The maximum Gasteiger partial charge on any atom is 0.0698 e. The van der Waals surface area contributed by atoms with Gasteiger partial charge < -0.3 is 0 Å². The number of hydrogen-bond acceptors (Lipinski definition) is 2. The van der Waals surface area contributed by atoms with Crippen LogP contribution in [0.15, 0.2) is 29.2 Å². The van der Waals surface area contributed by atoms with E-state index in [0.717, 1.165) is 28.5 Å². The average molecular weight is 224 g/mol. The van der Waals surface area contributed by atoms with Crippen LogP contribution in [0, 0.1) is 16.7 Å². The Balaban J connectivity index is 1.96. The molecule has 0 amide bonds. The van der Waals surface area contributed by atoms with Gasteiger partial charge in [-0.3, -0.25) is 0 Å². The first-order valence-corrected chi connectivity index (χ1v) is 5.90. The summed E-state index contributed by atoms with van der Waals surface area (Å²) in [5.74, 6) is 0.893. The highest BCUT2D eigenvalue weighted by Gasteiger charge is 2.42. The van der Waals surface area contributed by atoms with Gasteiger partial charge in [-0.25, -0.2) is 0 Å². The lowest BCUT2D eigenvalue weighted by Crippen LogP contribution is -1.98. The molecule has 0 aromatic heterocycles. The smallest absolute Gasteiger partial charge is 0.0698 e. The van der Waals surface area contributed by atoms with Crippen LogP contribution in [0.25, 0.3) is 0 Å². The third-order valence-corrected chi connectivity index (χ3v) is 3.92. The second kappa shape index (κ2) is 3.84. The lowest BCUT2D eigenvalue weighted by molar-refractivity contribution is 0.782. The monoisotopic (exact) mass is 223 g/mol. The molecule has 0 aliphatic heterocycles. The Kier molecular flexibility index (Phi) is 2.71. The summed E-state index contributed by atoms with van der Waals surface area (Å²) in [5.41, 5.74) is -0.0347. The van der Waals surface area contributed by atoms with Crippen molar-refractivity contribution in [2.75, 3.05) is 5.75 Å². The van der Waals surface area contributed by atoms with Gasteiger partial charge in [0.15, 0.2) is 0 Å². The molecule has 2 rings (SSSR count). The predicted octanol–water partition coefficient (Wildman–Crippen LogP) is 3.74. The van der Waals surface area contributed by atoms with E-state index >= 15 is 0 Å². The summed E-state index contributed by atoms with van der Waals surface area (Å²) in [7, 11) is 0. The van der Waals surface area contributed by atoms with Gasteiger partial charge in [0.05, 0.1) is 11.5 Å². The van der Waals surface area contributed by atoms with E-state index in [1.54, 1.807) is 11.8 Å². The fourth-order valence-corrected chi connectivity index (χ4v) is 2.65. The number of halogens is 1. The Morgan fingerprint density at radius 2 is 2.29 bits per heavy atom. The van der Waals surface area contributed by atoms with E-state index in [4.69, 9.17) is 16.9 Å². The molecular weight excluding hydrogens is 214 g/mol. The Hall–Kier alpha value is -0.650. The van der Waals surface area contributed by atoms with E-state index in [0.29, 0.717) is 0 Å². The van der Waals surface area contributed by atoms with E-state index in [-0.39, 0.29) is 5.41 Å². The minimum absolute atomic E-state index is 0.0347. The Bertz CT molecular complexity index is 379. The molecule has 0 atom stereocenters. The summed E-state index contributed by atoms with van der Waals surface area (Å²) in [5, 5.41) is 9.66. The zero-order valence-corrected chi connectivity index (χ0v) is 9.24. The van der Waals surface area contributed by atoms with Crippen molar-refractivity contribution in [1.82, 2.24) is 0 Å². The molecule has 1 aromatic rings. The first-order chi connectivity index (χ1) is 6.74. The largest absolute Gasteiger partial charge is 0.198 e. The van der Waals surface area contributed by atoms with E-state index in [1.807, 2.05) is 24.3 Å². The maximum absolute atomic E-state index is 8.90. The van der Waals surface area contributed by atoms with E-state index in [1.165, 1.54) is 0 Å². The van der Waals surface area contributed by atoms with Gasteiger partial charge in [-0.05, 0) is 31.0 Å². The highest BCUT2D eigenvalue weighted by atomic mass is 35.5. The first-order valence-electron chi connectivity index (χ1n) is 4.54. The van der Waals surface area contributed by atoms with Crippen molar-refractivity contribution in [3.63, 3.8) is 0 Å². The molecule has 14 heavy (non-hydrogen) atoms. The number of nitriles is 1. The zero-order chi connectivity index (χ0) is 10.0. The molecular formula is C11H10ClNS. The molecule has 0 N–H and O–H groups in total. The van der Waals surface area contributed by atoms with Gasteiger partial charge in [0, 0.05) is 15.7 Å². The Morgan fingerprint density at radius 3 is 2.86 bits per heavy atom. The first kappa shape index (κ1) is 9.89. The molecule has 1 aromatic carbocycles. The number of hydrogen-bond donors (Lipinski definition) is 0. The topological polar surface area (TPSA) is 23.8 Å². The third-order valence-electron chi connectivity index (χ3n) is 2.40. The standard InChI is InChI=1S/C11H10ClNS/c12-9-2-1-3-10(6-9)14-8-11(7-13)4-5-11/h1-3,6H,4-5,8H2. The minimum atomic E-state index is -0.0347. The van der Waals surface area contributed by atoms with E-state index < -0.39 is 0 Å². The normalized spacial score (nSPS) is 17.4. The molecule has 0 bridgehead atoms. The van der Waals surface area contributed by atoms with Crippen molar-refractivity contribution in [3.05, 3.63) is 29.3 Å². The van der Waals surface area contributed by atoms with Crippen LogP contribution in [0.1, 0.15) is 12.8 Å². The summed E-state index contributed by atoms with van der Waals surface area (Å²) in [4.78, 5) is 1.15. The lowest BCUT2D eigenvalue weighted by atomic mass is 10.2. The molecule has 0 spiro atoms. The van der Waals surface area contributed by atoms with Gasteiger partial charge in [-0.2, -0.15) is 5.26 Å². The molecule has 1 fully saturated rings. The summed E-state index contributed by atoms with van der Waals surface area (Å²) in [6.07, 6.45) is 2.11. The van der Waals surface area contributed by atoms with Crippen LogP contribution in [0.2, 0.25) is 5.02 Å². The molecule has 0 heterocycles. The van der Waals surface area contributed by atoms with Crippen LogP contribution >= 0.6 is 23.4 Å². The van der Waals surface area contributed by atoms with Crippen molar-refractivity contribution in [2.24, 2.45) is 5.41 Å². The fraction of sp³-hybridized carbons (Fsp3) is 0.364. The second-order valence-electron chi connectivity index (χ2n) is 3.64. The third kappa shape index (κ3) is 2.23. The van der Waals surface area contributed by atoms with E-state index in [9.17, 15) is 0 Å². The molecule has 3 heteroatoms. The quantitative estimate of drug-likeness (QED) is 0.729. The van der Waals surface area contributed by atoms with Crippen LogP contribution in [0.3, 0.4) is 0 Å². The van der Waals surface area contributed by atoms with Crippen molar-refractivity contribution in [2.45, 2.75) is 17.7 Å². The molecule has 0 saturated heterocycles. The number of nitrogens with zero attached hydrogens (tertiary/aromatic N) is 1. The highest BCUT2D eigenvalue weighted by molar-refractivity contribution is 7.99. The average Bonchev–Trinajstić information content (AvgIpc) is 2.96. The lowest BCUT2D eigenvalue weighted by Gasteiger charge is -2.04. The molecule has 72 valence electrons. The molecule has 0 radical (unpaired) electrons. The van der Waals surface area contributed by atoms with Gasteiger partial charge in [0.2, 0.25) is 0 Å². The second-order valence-corrected chi connectivity index (χ2v) is 5.12. The SMILES string of the molecule is N#CC1(CSc2cccc(Cl)c2)CC1. The minimum Gasteiger partial charge on any atom is -0.198 e. The molecule has 1 aliphatic carbocycles. The van der Waals surface area contributed by atoms with Crippen LogP contribution in [-0.2, 0) is 0 Å². The summed E-state index contributed by atoms with van der Waals surface area (Å²) in [6, 6.07) is 10.2. The van der Waals surface area contributed by atoms with Crippen molar-refractivity contribution >= 4 is 23.4 Å². The zero-order valence-electron chi connectivity index (χ0n) is 7.66. The maximum atomic E-state index is 8.90. The Labute approximate surface area is 93.1 Å². The molecule has 1 nitrogen and oxygen atoms in total. The van der Waals surface area contributed by atoms with Crippen LogP contribution < -0.4 is 0 Å². The van der Waals surface area contributed by atoms with Crippen LogP contribution in [0.4, 0.5) is 0 Å². The van der Waals surface area contributed by atoms with Gasteiger partial charge >= 0.3 is 0 Å². The summed E-state index contributed by atoms with van der Waals surface area (Å²) < 4.78 is 0. The van der Waals surface area contributed by atoms with Gasteiger partial charge in [-0.1, -0.05) is 17.7 Å². The number of rotatable bonds is 3. The number of thioether (sulfide) groups is 1. The molecule has 0 unspecified atom stereocenters. The predicted molar refractivity (Wildman–Crippen MR) is 59.5 cm³/mol. The van der Waals surface area contributed by atoms with Crippen molar-refractivity contribution in [3.8, 4) is 6.07 Å². The summed E-state index contributed by atoms with van der Waals surface area (Å²) >= 11 is 7.59. The van der Waals surface area contributed by atoms with Crippen LogP contribution in [-0.4, -0.2) is 5.75 Å². The van der Waals surface area contributed by atoms with Crippen molar-refractivity contribution < 1.29 is 0 Å². The van der Waals surface area contributed by atoms with Gasteiger partial charge in [0.1, 0.15) is 0 Å².